The summed E-state index contributed by atoms with van der Waals surface area (Å²) in [6, 6.07) is 20.0. The summed E-state index contributed by atoms with van der Waals surface area (Å²) in [6.07, 6.45) is 5.63. The third-order valence-electron chi connectivity index (χ3n) is 5.46. The Morgan fingerprint density at radius 2 is 1.59 bits per heavy atom. The van der Waals surface area contributed by atoms with Gasteiger partial charge in [-0.1, -0.05) is 60.5 Å². The van der Waals surface area contributed by atoms with E-state index in [2.05, 4.69) is 47.8 Å². The van der Waals surface area contributed by atoms with Crippen LogP contribution in [-0.2, 0) is 0 Å². The summed E-state index contributed by atoms with van der Waals surface area (Å²) < 4.78 is 0. The highest BCUT2D eigenvalue weighted by molar-refractivity contribution is 6.30. The smallest absolute Gasteiger partial charge is 0.0578 e. The Morgan fingerprint density at radius 1 is 0.864 bits per heavy atom. The highest BCUT2D eigenvalue weighted by atomic mass is 35.5. The molecule has 1 nitrogen and oxygen atoms in total. The van der Waals surface area contributed by atoms with Crippen LogP contribution in [0.2, 0.25) is 5.02 Å². The summed E-state index contributed by atoms with van der Waals surface area (Å²) >= 11 is 6.06. The van der Waals surface area contributed by atoms with Crippen molar-refractivity contribution < 1.29 is 0 Å². The van der Waals surface area contributed by atoms with E-state index in [9.17, 15) is 0 Å². The summed E-state index contributed by atoms with van der Waals surface area (Å²) in [4.78, 5) is 0. The highest BCUT2D eigenvalue weighted by Crippen LogP contribution is 2.45. The van der Waals surface area contributed by atoms with Gasteiger partial charge in [0.15, 0.2) is 0 Å². The van der Waals surface area contributed by atoms with Gasteiger partial charge in [0.05, 0.1) is 6.04 Å². The molecule has 0 aliphatic heterocycles. The molecule has 2 aromatic carbocycles. The van der Waals surface area contributed by atoms with Crippen LogP contribution in [0.4, 0.5) is 0 Å². The van der Waals surface area contributed by atoms with Gasteiger partial charge < -0.3 is 5.32 Å². The van der Waals surface area contributed by atoms with Crippen molar-refractivity contribution in [1.29, 1.82) is 0 Å². The van der Waals surface area contributed by atoms with Gasteiger partial charge in [-0.2, -0.15) is 0 Å². The summed E-state index contributed by atoms with van der Waals surface area (Å²) in [6.45, 7) is 0. The summed E-state index contributed by atoms with van der Waals surface area (Å²) in [5.41, 5.74) is 2.64. The van der Waals surface area contributed by atoms with Crippen LogP contribution in [0.1, 0.15) is 42.9 Å². The van der Waals surface area contributed by atoms with Crippen LogP contribution in [0.15, 0.2) is 54.6 Å². The second kappa shape index (κ2) is 6.06. The van der Waals surface area contributed by atoms with Gasteiger partial charge in [0.1, 0.15) is 0 Å². The number of hydrogen-bond donors (Lipinski definition) is 1. The first kappa shape index (κ1) is 14.3. The molecule has 0 heterocycles. The SMILES string of the molecule is Clc1ccc([C@H](N[C@H]2C[C@@H]3CC[C@@H]2C3)c2ccccc2)cc1. The number of nitrogens with one attached hydrogen (secondary N) is 1. The first-order valence-corrected chi connectivity index (χ1v) is 8.74. The molecule has 2 aliphatic rings. The van der Waals surface area contributed by atoms with E-state index < -0.39 is 0 Å². The van der Waals surface area contributed by atoms with E-state index >= 15 is 0 Å². The van der Waals surface area contributed by atoms with Crippen molar-refractivity contribution in [2.75, 3.05) is 0 Å². The number of hydrogen-bond acceptors (Lipinski definition) is 1. The molecule has 0 saturated heterocycles. The maximum atomic E-state index is 6.06. The molecular weight excluding hydrogens is 290 g/mol. The third kappa shape index (κ3) is 2.80. The molecule has 2 heteroatoms. The van der Waals surface area contributed by atoms with Gasteiger partial charge in [0, 0.05) is 11.1 Å². The standard InChI is InChI=1S/C20H22ClN/c21-18-10-8-16(9-11-18)20(15-4-2-1-3-5-15)22-19-13-14-6-7-17(19)12-14/h1-5,8-11,14,17,19-20,22H,6-7,12-13H2/t14-,17-,19+,20-/m1/s1. The fourth-order valence-corrected chi connectivity index (χ4v) is 4.47. The molecule has 2 fully saturated rings. The Bertz CT molecular complexity index is 622. The van der Waals surface area contributed by atoms with Crippen LogP contribution in [0, 0.1) is 11.8 Å². The van der Waals surface area contributed by atoms with Gasteiger partial charge in [-0.05, 0) is 54.4 Å². The van der Waals surface area contributed by atoms with E-state index in [-0.39, 0.29) is 6.04 Å². The molecular formula is C20H22ClN. The molecule has 22 heavy (non-hydrogen) atoms. The van der Waals surface area contributed by atoms with Crippen LogP contribution in [0.3, 0.4) is 0 Å². The van der Waals surface area contributed by atoms with Crippen molar-refractivity contribution >= 4 is 11.6 Å². The van der Waals surface area contributed by atoms with Gasteiger partial charge >= 0.3 is 0 Å². The minimum Gasteiger partial charge on any atom is -0.303 e. The lowest BCUT2D eigenvalue weighted by molar-refractivity contribution is 0.334. The summed E-state index contributed by atoms with van der Waals surface area (Å²) in [7, 11) is 0. The van der Waals surface area contributed by atoms with Gasteiger partial charge in [-0.25, -0.2) is 0 Å². The quantitative estimate of drug-likeness (QED) is 0.817. The summed E-state index contributed by atoms with van der Waals surface area (Å²) in [5, 5.41) is 4.76. The van der Waals surface area contributed by atoms with Gasteiger partial charge in [0.2, 0.25) is 0 Å². The predicted molar refractivity (Wildman–Crippen MR) is 92.1 cm³/mol. The molecule has 2 bridgehead atoms. The van der Waals surface area contributed by atoms with E-state index in [0.717, 1.165) is 16.9 Å². The van der Waals surface area contributed by atoms with Crippen LogP contribution >= 0.6 is 11.6 Å². The maximum Gasteiger partial charge on any atom is 0.0578 e. The molecule has 114 valence electrons. The molecule has 2 aliphatic carbocycles. The zero-order valence-electron chi connectivity index (χ0n) is 12.7. The first-order chi connectivity index (χ1) is 10.8. The van der Waals surface area contributed by atoms with Crippen molar-refractivity contribution in [2.24, 2.45) is 11.8 Å². The molecule has 0 radical (unpaired) electrons. The molecule has 4 rings (SSSR count). The van der Waals surface area contributed by atoms with Gasteiger partial charge in [-0.15, -0.1) is 0 Å². The predicted octanol–water partition coefficient (Wildman–Crippen LogP) is 5.21. The normalized spacial score (nSPS) is 28.0. The molecule has 2 aromatic rings. The van der Waals surface area contributed by atoms with E-state index in [1.54, 1.807) is 0 Å². The molecule has 0 unspecified atom stereocenters. The number of rotatable bonds is 4. The Morgan fingerprint density at radius 3 is 2.23 bits per heavy atom. The zero-order valence-corrected chi connectivity index (χ0v) is 13.5. The van der Waals surface area contributed by atoms with E-state index in [4.69, 9.17) is 11.6 Å². The van der Waals surface area contributed by atoms with Gasteiger partial charge in [-0.3, -0.25) is 0 Å². The second-order valence-corrected chi connectivity index (χ2v) is 7.28. The fraction of sp³-hybridized carbons (Fsp3) is 0.400. The number of benzene rings is 2. The largest absolute Gasteiger partial charge is 0.303 e. The van der Waals surface area contributed by atoms with E-state index in [0.29, 0.717) is 6.04 Å². The molecule has 4 atom stereocenters. The number of halogens is 1. The molecule has 0 aromatic heterocycles. The maximum absolute atomic E-state index is 6.06. The van der Waals surface area contributed by atoms with Crippen molar-refractivity contribution in [1.82, 2.24) is 5.32 Å². The topological polar surface area (TPSA) is 12.0 Å². The van der Waals surface area contributed by atoms with Crippen LogP contribution in [0.5, 0.6) is 0 Å². The van der Waals surface area contributed by atoms with Crippen LogP contribution < -0.4 is 5.32 Å². The van der Waals surface area contributed by atoms with Crippen LogP contribution in [-0.4, -0.2) is 6.04 Å². The Balaban J connectivity index is 1.62. The lowest BCUT2D eigenvalue weighted by Crippen LogP contribution is -2.37. The summed E-state index contributed by atoms with van der Waals surface area (Å²) in [5.74, 6) is 1.84. The van der Waals surface area contributed by atoms with Crippen molar-refractivity contribution in [3.8, 4) is 0 Å². The third-order valence-corrected chi connectivity index (χ3v) is 5.71. The lowest BCUT2D eigenvalue weighted by Gasteiger charge is -2.29. The van der Waals surface area contributed by atoms with Crippen molar-refractivity contribution in [2.45, 2.75) is 37.8 Å². The van der Waals surface area contributed by atoms with Gasteiger partial charge in [0.25, 0.3) is 0 Å². The van der Waals surface area contributed by atoms with Crippen molar-refractivity contribution in [3.63, 3.8) is 0 Å². The molecule has 2 saturated carbocycles. The number of fused-ring (bicyclic) bond motifs is 2. The molecule has 1 N–H and O–H groups in total. The average molecular weight is 312 g/mol. The minimum atomic E-state index is 0.266. The average Bonchev–Trinajstić information content (AvgIpc) is 3.17. The molecule has 0 amide bonds. The minimum absolute atomic E-state index is 0.266. The Labute approximate surface area is 137 Å². The Hall–Kier alpha value is -1.31. The van der Waals surface area contributed by atoms with E-state index in [1.165, 1.54) is 36.8 Å². The second-order valence-electron chi connectivity index (χ2n) is 6.84. The van der Waals surface area contributed by atoms with Crippen LogP contribution in [0.25, 0.3) is 0 Å². The lowest BCUT2D eigenvalue weighted by atomic mass is 9.92. The highest BCUT2D eigenvalue weighted by Gasteiger charge is 2.40. The monoisotopic (exact) mass is 311 g/mol. The first-order valence-electron chi connectivity index (χ1n) is 8.36. The zero-order chi connectivity index (χ0) is 14.9. The Kier molecular flexibility index (Phi) is 3.94. The van der Waals surface area contributed by atoms with Crippen molar-refractivity contribution in [3.05, 3.63) is 70.7 Å². The molecule has 0 spiro atoms. The van der Waals surface area contributed by atoms with E-state index in [1.807, 2.05) is 12.1 Å². The fourth-order valence-electron chi connectivity index (χ4n) is 4.35.